The molecular weight excluding hydrogens is 374 g/mol. The number of aromatic hydroxyl groups is 1. The first-order chi connectivity index (χ1) is 14.0. The molecule has 0 aliphatic carbocycles. The van der Waals surface area contributed by atoms with Gasteiger partial charge in [-0.1, -0.05) is 42.5 Å². The van der Waals surface area contributed by atoms with E-state index >= 15 is 0 Å². The number of rotatable bonds is 7. The highest BCUT2D eigenvalue weighted by molar-refractivity contribution is 6.11. The molecule has 0 unspecified atom stereocenters. The van der Waals surface area contributed by atoms with Crippen LogP contribution in [0, 0.1) is 0 Å². The Balaban J connectivity index is 2.18. The van der Waals surface area contributed by atoms with Crippen LogP contribution in [0.1, 0.15) is 21.5 Å². The van der Waals surface area contributed by atoms with Crippen molar-refractivity contribution < 1.29 is 24.1 Å². The van der Waals surface area contributed by atoms with E-state index in [1.165, 1.54) is 18.8 Å². The zero-order valence-corrected chi connectivity index (χ0v) is 16.3. The van der Waals surface area contributed by atoms with Crippen molar-refractivity contribution in [2.75, 3.05) is 21.3 Å². The average molecular weight is 395 g/mol. The number of ether oxygens (including phenoxy) is 3. The summed E-state index contributed by atoms with van der Waals surface area (Å²) in [5.74, 6) is -0.529. The fourth-order valence-electron chi connectivity index (χ4n) is 3.05. The van der Waals surface area contributed by atoms with E-state index in [4.69, 9.17) is 14.2 Å². The molecule has 0 atom stereocenters. The Morgan fingerprint density at radius 3 is 2.14 bits per heavy atom. The Hall–Kier alpha value is -3.74. The number of ketones is 1. The van der Waals surface area contributed by atoms with Crippen LogP contribution in [0.5, 0.6) is 23.1 Å². The van der Waals surface area contributed by atoms with Gasteiger partial charge in [-0.2, -0.15) is 0 Å². The highest BCUT2D eigenvalue weighted by Crippen LogP contribution is 2.38. The van der Waals surface area contributed by atoms with Crippen LogP contribution in [0.2, 0.25) is 0 Å². The molecule has 0 aliphatic rings. The number of benzene rings is 2. The summed E-state index contributed by atoms with van der Waals surface area (Å²) in [7, 11) is 4.26. The van der Waals surface area contributed by atoms with Gasteiger partial charge in [-0.05, 0) is 17.7 Å². The first kappa shape index (κ1) is 20.0. The molecule has 2 aromatic carbocycles. The molecule has 7 heteroatoms. The molecule has 0 amide bonds. The third kappa shape index (κ3) is 3.80. The number of pyridine rings is 1. The van der Waals surface area contributed by atoms with E-state index < -0.39 is 17.1 Å². The minimum atomic E-state index is -0.676. The van der Waals surface area contributed by atoms with Crippen molar-refractivity contribution in [2.24, 2.45) is 0 Å². The Kier molecular flexibility index (Phi) is 5.87. The van der Waals surface area contributed by atoms with Crippen LogP contribution < -0.4 is 19.8 Å². The minimum Gasteiger partial charge on any atom is -0.503 e. The van der Waals surface area contributed by atoms with Gasteiger partial charge in [0.15, 0.2) is 5.75 Å². The Bertz CT molecular complexity index is 1070. The summed E-state index contributed by atoms with van der Waals surface area (Å²) >= 11 is 0. The molecule has 29 heavy (non-hydrogen) atoms. The smallest absolute Gasteiger partial charge is 0.268 e. The second kappa shape index (κ2) is 8.52. The largest absolute Gasteiger partial charge is 0.503 e. The number of carbonyl (C=O) groups excluding carboxylic acids is 1. The highest BCUT2D eigenvalue weighted by atomic mass is 16.5. The molecule has 150 valence electrons. The molecule has 1 heterocycles. The fraction of sp³-hybridized carbons (Fsp3) is 0.182. The number of hydrogen-bond acceptors (Lipinski definition) is 6. The molecule has 0 saturated carbocycles. The number of aromatic nitrogens is 1. The van der Waals surface area contributed by atoms with E-state index in [2.05, 4.69) is 0 Å². The maximum Gasteiger partial charge on any atom is 0.268 e. The molecule has 0 fully saturated rings. The summed E-state index contributed by atoms with van der Waals surface area (Å²) < 4.78 is 17.0. The van der Waals surface area contributed by atoms with Crippen LogP contribution in [0.15, 0.2) is 59.4 Å². The van der Waals surface area contributed by atoms with Crippen molar-refractivity contribution in [1.29, 1.82) is 0 Å². The molecule has 1 N–H and O–H groups in total. The van der Waals surface area contributed by atoms with Gasteiger partial charge < -0.3 is 19.3 Å². The average Bonchev–Trinajstić information content (AvgIpc) is 2.76. The van der Waals surface area contributed by atoms with Crippen molar-refractivity contribution in [2.45, 2.75) is 6.54 Å². The number of nitrogens with zero attached hydrogens (tertiary/aromatic N) is 1. The number of carbonyl (C=O) groups is 1. The molecule has 3 aromatic rings. The second-order valence-corrected chi connectivity index (χ2v) is 6.20. The van der Waals surface area contributed by atoms with E-state index in [0.29, 0.717) is 5.75 Å². The Labute approximate surface area is 167 Å². The van der Waals surface area contributed by atoms with E-state index in [-0.39, 0.29) is 29.3 Å². The van der Waals surface area contributed by atoms with Crippen molar-refractivity contribution in [3.05, 3.63) is 81.6 Å². The van der Waals surface area contributed by atoms with E-state index in [1.807, 2.05) is 0 Å². The van der Waals surface area contributed by atoms with Crippen LogP contribution in [0.3, 0.4) is 0 Å². The normalized spacial score (nSPS) is 10.4. The van der Waals surface area contributed by atoms with Crippen LogP contribution in [-0.4, -0.2) is 36.8 Å². The number of hydrogen-bond donors (Lipinski definition) is 1. The quantitative estimate of drug-likeness (QED) is 0.619. The predicted molar refractivity (Wildman–Crippen MR) is 107 cm³/mol. The maximum absolute atomic E-state index is 13.2. The Morgan fingerprint density at radius 1 is 0.931 bits per heavy atom. The maximum atomic E-state index is 13.2. The summed E-state index contributed by atoms with van der Waals surface area (Å²) in [5.41, 5.74) is 0.00681. The van der Waals surface area contributed by atoms with Crippen LogP contribution in [-0.2, 0) is 6.54 Å². The van der Waals surface area contributed by atoms with Crippen LogP contribution in [0.4, 0.5) is 0 Å². The first-order valence-corrected chi connectivity index (χ1v) is 8.82. The van der Waals surface area contributed by atoms with Crippen LogP contribution >= 0.6 is 0 Å². The van der Waals surface area contributed by atoms with Gasteiger partial charge in [-0.15, -0.1) is 0 Å². The second-order valence-electron chi connectivity index (χ2n) is 6.20. The molecular formula is C22H21NO6. The fourth-order valence-corrected chi connectivity index (χ4v) is 3.05. The highest BCUT2D eigenvalue weighted by Gasteiger charge is 2.28. The predicted octanol–water partition coefficient (Wildman–Crippen LogP) is 2.86. The summed E-state index contributed by atoms with van der Waals surface area (Å²) in [6.07, 6.45) is 0. The summed E-state index contributed by atoms with van der Waals surface area (Å²) in [5, 5.41) is 10.6. The minimum absolute atomic E-state index is 0.0235. The van der Waals surface area contributed by atoms with Gasteiger partial charge in [0.25, 0.3) is 5.56 Å². The molecule has 0 radical (unpaired) electrons. The van der Waals surface area contributed by atoms with Crippen molar-refractivity contribution >= 4 is 5.78 Å². The standard InChI is InChI=1S/C22H21NO6/c1-27-16-11-9-14(10-12-16)13-23-21(26)17(18(24)15-7-5-4-6-8-15)19(25)20(28-2)22(23)29-3/h4-12,25H,13H2,1-3H3. The van der Waals surface area contributed by atoms with Crippen molar-refractivity contribution in [3.8, 4) is 23.1 Å². The van der Waals surface area contributed by atoms with Crippen molar-refractivity contribution in [1.82, 2.24) is 4.57 Å². The molecule has 7 nitrogen and oxygen atoms in total. The van der Waals surface area contributed by atoms with Crippen molar-refractivity contribution in [3.63, 3.8) is 0 Å². The zero-order chi connectivity index (χ0) is 21.0. The van der Waals surface area contributed by atoms with Gasteiger partial charge in [0.05, 0.1) is 27.9 Å². The lowest BCUT2D eigenvalue weighted by Crippen LogP contribution is -2.29. The third-order valence-electron chi connectivity index (χ3n) is 4.51. The first-order valence-electron chi connectivity index (χ1n) is 8.82. The molecule has 3 rings (SSSR count). The SMILES string of the molecule is COc1ccc(Cn2c(OC)c(OC)c(O)c(C(=O)c3ccccc3)c2=O)cc1. The topological polar surface area (TPSA) is 87.0 Å². The summed E-state index contributed by atoms with van der Waals surface area (Å²) in [4.78, 5) is 26.2. The number of methoxy groups -OCH3 is 3. The van der Waals surface area contributed by atoms with Gasteiger partial charge in [0, 0.05) is 5.56 Å². The molecule has 0 bridgehead atoms. The third-order valence-corrected chi connectivity index (χ3v) is 4.51. The lowest BCUT2D eigenvalue weighted by Gasteiger charge is -2.18. The van der Waals surface area contributed by atoms with Crippen LogP contribution in [0.25, 0.3) is 0 Å². The van der Waals surface area contributed by atoms with E-state index in [0.717, 1.165) is 5.56 Å². The van der Waals surface area contributed by atoms with Gasteiger partial charge in [0.1, 0.15) is 11.3 Å². The van der Waals surface area contributed by atoms with Gasteiger partial charge in [-0.25, -0.2) is 0 Å². The van der Waals surface area contributed by atoms with E-state index in [1.54, 1.807) is 61.7 Å². The molecule has 0 spiro atoms. The molecule has 1 aromatic heterocycles. The van der Waals surface area contributed by atoms with Gasteiger partial charge >= 0.3 is 0 Å². The monoisotopic (exact) mass is 395 g/mol. The lowest BCUT2D eigenvalue weighted by atomic mass is 10.0. The van der Waals surface area contributed by atoms with Gasteiger partial charge in [0.2, 0.25) is 17.4 Å². The lowest BCUT2D eigenvalue weighted by molar-refractivity contribution is 0.103. The zero-order valence-electron chi connectivity index (χ0n) is 16.3. The Morgan fingerprint density at radius 2 is 1.59 bits per heavy atom. The summed E-state index contributed by atoms with van der Waals surface area (Å²) in [6.45, 7) is 0.109. The van der Waals surface area contributed by atoms with Gasteiger partial charge in [-0.3, -0.25) is 14.2 Å². The van der Waals surface area contributed by atoms with E-state index in [9.17, 15) is 14.7 Å². The summed E-state index contributed by atoms with van der Waals surface area (Å²) in [6, 6.07) is 15.4. The molecule has 0 aliphatic heterocycles. The molecule has 0 saturated heterocycles.